The highest BCUT2D eigenvalue weighted by atomic mass is 19.1. The first kappa shape index (κ1) is 20.0. The fraction of sp³-hybridized carbons (Fsp3) is 0.273. The summed E-state index contributed by atoms with van der Waals surface area (Å²) in [6.07, 6.45) is -0.715. The quantitative estimate of drug-likeness (QED) is 0.670. The Morgan fingerprint density at radius 3 is 2.38 bits per heavy atom. The Kier molecular flexibility index (Phi) is 5.18. The van der Waals surface area contributed by atoms with E-state index in [2.05, 4.69) is 15.4 Å². The zero-order valence-electron chi connectivity index (χ0n) is 17.0. The third-order valence-electron chi connectivity index (χ3n) is 5.53. The molecule has 32 heavy (non-hydrogen) atoms. The lowest BCUT2D eigenvalue weighted by atomic mass is 10.1. The first-order chi connectivity index (χ1) is 15.6. The van der Waals surface area contributed by atoms with Gasteiger partial charge in [-0.1, -0.05) is 12.1 Å². The van der Waals surface area contributed by atoms with Crippen molar-refractivity contribution >= 4 is 11.8 Å². The number of hydrogen-bond acceptors (Lipinski definition) is 6. The molecule has 164 valence electrons. The van der Waals surface area contributed by atoms with Crippen LogP contribution < -0.4 is 9.47 Å². The van der Waals surface area contributed by atoms with Crippen molar-refractivity contribution in [3.8, 4) is 22.8 Å². The Balaban J connectivity index is 1.22. The number of aromatic amines is 1. The number of amides is 2. The van der Waals surface area contributed by atoms with Crippen molar-refractivity contribution in [2.45, 2.75) is 6.10 Å². The van der Waals surface area contributed by atoms with Crippen molar-refractivity contribution < 1.29 is 23.5 Å². The van der Waals surface area contributed by atoms with Gasteiger partial charge in [0.25, 0.3) is 11.8 Å². The van der Waals surface area contributed by atoms with E-state index >= 15 is 0 Å². The number of nitrogens with zero attached hydrogens (tertiary/aromatic N) is 4. The number of piperazine rings is 1. The number of fused-ring (bicyclic) bond motifs is 1. The number of rotatable bonds is 3. The molecule has 3 aromatic rings. The van der Waals surface area contributed by atoms with Gasteiger partial charge in [0.05, 0.1) is 0 Å². The number of benzene rings is 2. The second-order valence-electron chi connectivity index (χ2n) is 7.51. The van der Waals surface area contributed by atoms with E-state index in [4.69, 9.17) is 9.47 Å². The van der Waals surface area contributed by atoms with Gasteiger partial charge in [-0.3, -0.25) is 9.59 Å². The molecule has 5 rings (SSSR count). The summed E-state index contributed by atoms with van der Waals surface area (Å²) in [5, 5.41) is 10.5. The SMILES string of the molecule is O=C(c1n[nH]nc1-c1ccc(F)cc1)N1CCN(C(=O)C2COc3ccccc3O2)CC1. The Hall–Kier alpha value is -3.95. The predicted molar refractivity (Wildman–Crippen MR) is 111 cm³/mol. The number of carbonyl (C=O) groups excluding carboxylic acids is 2. The van der Waals surface area contributed by atoms with Gasteiger partial charge >= 0.3 is 0 Å². The van der Waals surface area contributed by atoms with Gasteiger partial charge in [-0.15, -0.1) is 0 Å². The summed E-state index contributed by atoms with van der Waals surface area (Å²) in [4.78, 5) is 29.2. The Labute approximate surface area is 182 Å². The van der Waals surface area contributed by atoms with Gasteiger partial charge in [0, 0.05) is 31.7 Å². The predicted octanol–water partition coefficient (Wildman–Crippen LogP) is 1.74. The number of H-pyrrole nitrogens is 1. The van der Waals surface area contributed by atoms with E-state index in [9.17, 15) is 14.0 Å². The Morgan fingerprint density at radius 2 is 1.62 bits per heavy atom. The zero-order valence-corrected chi connectivity index (χ0v) is 17.0. The molecular weight excluding hydrogens is 417 g/mol. The van der Waals surface area contributed by atoms with Crippen molar-refractivity contribution in [3.05, 3.63) is 60.0 Å². The minimum Gasteiger partial charge on any atom is -0.485 e. The fourth-order valence-corrected chi connectivity index (χ4v) is 3.81. The van der Waals surface area contributed by atoms with Crippen LogP contribution in [0, 0.1) is 5.82 Å². The molecule has 2 aliphatic heterocycles. The largest absolute Gasteiger partial charge is 0.485 e. The van der Waals surface area contributed by atoms with Crippen LogP contribution in [0.2, 0.25) is 0 Å². The van der Waals surface area contributed by atoms with Crippen LogP contribution >= 0.6 is 0 Å². The number of halogens is 1. The molecule has 1 atom stereocenters. The highest BCUT2D eigenvalue weighted by Gasteiger charge is 2.34. The van der Waals surface area contributed by atoms with Crippen LogP contribution in [0.1, 0.15) is 10.5 Å². The Bertz CT molecular complexity index is 1140. The molecule has 2 amide bonds. The lowest BCUT2D eigenvalue weighted by Crippen LogP contribution is -2.55. The van der Waals surface area contributed by atoms with Crippen molar-refractivity contribution in [2.24, 2.45) is 0 Å². The topological polar surface area (TPSA) is 101 Å². The van der Waals surface area contributed by atoms with Crippen LogP contribution in [0.25, 0.3) is 11.3 Å². The van der Waals surface area contributed by atoms with E-state index in [1.165, 1.54) is 12.1 Å². The lowest BCUT2D eigenvalue weighted by Gasteiger charge is -2.37. The summed E-state index contributed by atoms with van der Waals surface area (Å²) in [7, 11) is 0. The summed E-state index contributed by atoms with van der Waals surface area (Å²) in [5.41, 5.74) is 1.11. The van der Waals surface area contributed by atoms with E-state index in [1.54, 1.807) is 34.1 Å². The summed E-state index contributed by atoms with van der Waals surface area (Å²) in [6.45, 7) is 1.59. The lowest BCUT2D eigenvalue weighted by molar-refractivity contribution is -0.142. The monoisotopic (exact) mass is 437 g/mol. The molecule has 2 aliphatic rings. The standard InChI is InChI=1S/C22H20FN5O4/c23-15-7-5-14(6-8-15)19-20(25-26-24-19)22(30)28-11-9-27(10-12-28)21(29)18-13-31-16-3-1-2-4-17(16)32-18/h1-8,18H,9-13H2,(H,24,25,26). The van der Waals surface area contributed by atoms with Crippen molar-refractivity contribution in [2.75, 3.05) is 32.8 Å². The molecule has 0 radical (unpaired) electrons. The van der Waals surface area contributed by atoms with Crippen molar-refractivity contribution in [1.82, 2.24) is 25.2 Å². The number of nitrogens with one attached hydrogen (secondary N) is 1. The van der Waals surface area contributed by atoms with Gasteiger partial charge in [0.1, 0.15) is 18.1 Å². The van der Waals surface area contributed by atoms with E-state index in [1.807, 2.05) is 12.1 Å². The molecule has 2 aromatic carbocycles. The molecule has 0 spiro atoms. The molecule has 9 nitrogen and oxygen atoms in total. The van der Waals surface area contributed by atoms with Gasteiger partial charge in [0.2, 0.25) is 6.10 Å². The number of aromatic nitrogens is 3. The second-order valence-corrected chi connectivity index (χ2v) is 7.51. The van der Waals surface area contributed by atoms with Gasteiger partial charge < -0.3 is 19.3 Å². The average molecular weight is 437 g/mol. The summed E-state index contributed by atoms with van der Waals surface area (Å²) in [5.74, 6) is 0.333. The minimum absolute atomic E-state index is 0.148. The average Bonchev–Trinajstić information content (AvgIpc) is 3.33. The maximum Gasteiger partial charge on any atom is 0.276 e. The van der Waals surface area contributed by atoms with E-state index in [0.29, 0.717) is 48.9 Å². The molecule has 0 bridgehead atoms. The van der Waals surface area contributed by atoms with Crippen molar-refractivity contribution in [3.63, 3.8) is 0 Å². The van der Waals surface area contributed by atoms with Gasteiger partial charge in [-0.25, -0.2) is 4.39 Å². The molecule has 0 aliphatic carbocycles. The molecular formula is C22H20FN5O4. The summed E-state index contributed by atoms with van der Waals surface area (Å²) in [6, 6.07) is 12.9. The van der Waals surface area contributed by atoms with E-state index < -0.39 is 6.10 Å². The molecule has 10 heteroatoms. The number of carbonyl (C=O) groups is 2. The van der Waals surface area contributed by atoms with E-state index in [0.717, 1.165) is 0 Å². The smallest absolute Gasteiger partial charge is 0.276 e. The molecule has 3 heterocycles. The normalized spacial score (nSPS) is 17.8. The van der Waals surface area contributed by atoms with Crippen molar-refractivity contribution in [1.29, 1.82) is 0 Å². The van der Waals surface area contributed by atoms with Crippen LogP contribution in [0.3, 0.4) is 0 Å². The summed E-state index contributed by atoms with van der Waals surface area (Å²) < 4.78 is 24.7. The fourth-order valence-electron chi connectivity index (χ4n) is 3.81. The molecule has 0 saturated carbocycles. The van der Waals surface area contributed by atoms with Crippen LogP contribution in [0.15, 0.2) is 48.5 Å². The third-order valence-corrected chi connectivity index (χ3v) is 5.53. The molecule has 1 saturated heterocycles. The van der Waals surface area contributed by atoms with Crippen LogP contribution in [0.5, 0.6) is 11.5 Å². The van der Waals surface area contributed by atoms with Crippen LogP contribution in [-0.2, 0) is 4.79 Å². The summed E-state index contributed by atoms with van der Waals surface area (Å²) >= 11 is 0. The minimum atomic E-state index is -0.715. The van der Waals surface area contributed by atoms with Gasteiger partial charge in [-0.2, -0.15) is 15.4 Å². The zero-order chi connectivity index (χ0) is 22.1. The first-order valence-corrected chi connectivity index (χ1v) is 10.2. The third kappa shape index (κ3) is 3.75. The molecule has 1 N–H and O–H groups in total. The van der Waals surface area contributed by atoms with Gasteiger partial charge in [0.15, 0.2) is 17.2 Å². The number of hydrogen-bond donors (Lipinski definition) is 1. The maximum absolute atomic E-state index is 13.2. The highest BCUT2D eigenvalue weighted by molar-refractivity contribution is 5.98. The molecule has 1 fully saturated rings. The maximum atomic E-state index is 13.2. The Morgan fingerprint density at radius 1 is 0.938 bits per heavy atom. The molecule has 1 aromatic heterocycles. The second kappa shape index (κ2) is 8.29. The highest BCUT2D eigenvalue weighted by Crippen LogP contribution is 2.31. The molecule has 1 unspecified atom stereocenters. The van der Waals surface area contributed by atoms with Crippen LogP contribution in [-0.4, -0.2) is 75.9 Å². The number of ether oxygens (including phenoxy) is 2. The van der Waals surface area contributed by atoms with Gasteiger partial charge in [-0.05, 0) is 36.4 Å². The number of para-hydroxylation sites is 2. The first-order valence-electron chi connectivity index (χ1n) is 10.2. The van der Waals surface area contributed by atoms with E-state index in [-0.39, 0.29) is 29.9 Å². The van der Waals surface area contributed by atoms with Crippen LogP contribution in [0.4, 0.5) is 4.39 Å².